The van der Waals surface area contributed by atoms with E-state index in [9.17, 15) is 9.90 Å². The van der Waals surface area contributed by atoms with Gasteiger partial charge in [-0.25, -0.2) is 9.97 Å². The van der Waals surface area contributed by atoms with E-state index in [0.29, 0.717) is 24.5 Å². The molecule has 0 bridgehead atoms. The molecule has 0 atom stereocenters. The summed E-state index contributed by atoms with van der Waals surface area (Å²) in [5.41, 5.74) is 4.71. The molecule has 3 aromatic heterocycles. The summed E-state index contributed by atoms with van der Waals surface area (Å²) in [7, 11) is 1.64. The Hall–Kier alpha value is -4.20. The van der Waals surface area contributed by atoms with Crippen LogP contribution in [0, 0.1) is 12.3 Å². The van der Waals surface area contributed by atoms with Gasteiger partial charge in [-0.3, -0.25) is 9.78 Å². The first kappa shape index (κ1) is 22.6. The highest BCUT2D eigenvalue weighted by molar-refractivity contribution is 5.76. The van der Waals surface area contributed by atoms with Crippen molar-refractivity contribution >= 4 is 5.97 Å². The van der Waals surface area contributed by atoms with Crippen LogP contribution in [0.2, 0.25) is 0 Å². The second-order valence-electron chi connectivity index (χ2n) is 8.87. The van der Waals surface area contributed by atoms with Gasteiger partial charge in [0.05, 0.1) is 19.0 Å². The second kappa shape index (κ2) is 9.21. The number of methoxy groups -OCH3 is 1. The number of nitrogens with one attached hydrogen (secondary N) is 1. The van der Waals surface area contributed by atoms with Crippen LogP contribution < -0.4 is 9.47 Å². The van der Waals surface area contributed by atoms with Crippen molar-refractivity contribution in [2.45, 2.75) is 26.2 Å². The summed E-state index contributed by atoms with van der Waals surface area (Å²) in [6.07, 6.45) is 7.54. The molecule has 8 heteroatoms. The van der Waals surface area contributed by atoms with Crippen molar-refractivity contribution < 1.29 is 19.4 Å². The van der Waals surface area contributed by atoms with E-state index < -0.39 is 11.4 Å². The molecular formula is C27H26N4O4. The largest absolute Gasteiger partial charge is 0.497 e. The first-order valence-electron chi connectivity index (χ1n) is 11.5. The highest BCUT2D eigenvalue weighted by Gasteiger charge is 2.45. The van der Waals surface area contributed by atoms with Crippen molar-refractivity contribution in [3.63, 3.8) is 0 Å². The average molecular weight is 471 g/mol. The zero-order chi connectivity index (χ0) is 24.4. The standard InChI is InChI=1S/C27H26N4O4/c1-17-12-24(35-16-27(26(32)33)10-3-11-27)29-14-21(17)19-6-9-22(28-13-19)25-30-15-23(31-25)18-4-7-20(34-2)8-5-18/h4-9,12-15H,3,10-11,16H2,1-2H3,(H,30,31)(H,32,33). The zero-order valence-electron chi connectivity index (χ0n) is 19.6. The molecule has 0 saturated heterocycles. The molecule has 1 aromatic carbocycles. The van der Waals surface area contributed by atoms with E-state index in [-0.39, 0.29) is 6.61 Å². The molecule has 4 aromatic rings. The highest BCUT2D eigenvalue weighted by Crippen LogP contribution is 2.41. The molecule has 5 rings (SSSR count). The number of carbonyl (C=O) groups is 1. The Morgan fingerprint density at radius 1 is 1.03 bits per heavy atom. The van der Waals surface area contributed by atoms with Crippen LogP contribution in [-0.4, -0.2) is 44.7 Å². The Morgan fingerprint density at radius 3 is 2.40 bits per heavy atom. The van der Waals surface area contributed by atoms with E-state index in [1.807, 2.05) is 49.4 Å². The van der Waals surface area contributed by atoms with Crippen molar-refractivity contribution in [1.29, 1.82) is 0 Å². The third-order valence-electron chi connectivity index (χ3n) is 6.64. The van der Waals surface area contributed by atoms with E-state index in [0.717, 1.165) is 45.8 Å². The van der Waals surface area contributed by atoms with E-state index in [1.54, 1.807) is 25.7 Å². The summed E-state index contributed by atoms with van der Waals surface area (Å²) >= 11 is 0. The van der Waals surface area contributed by atoms with Crippen LogP contribution in [0.4, 0.5) is 0 Å². The summed E-state index contributed by atoms with van der Waals surface area (Å²) in [4.78, 5) is 28.3. The number of hydrogen-bond donors (Lipinski definition) is 2. The molecule has 0 unspecified atom stereocenters. The summed E-state index contributed by atoms with van der Waals surface area (Å²) in [6, 6.07) is 13.5. The summed E-state index contributed by atoms with van der Waals surface area (Å²) in [6.45, 7) is 2.12. The number of pyridine rings is 2. The topological polar surface area (TPSA) is 110 Å². The molecule has 0 aliphatic heterocycles. The van der Waals surface area contributed by atoms with Crippen molar-refractivity contribution in [2.75, 3.05) is 13.7 Å². The molecule has 1 saturated carbocycles. The summed E-state index contributed by atoms with van der Waals surface area (Å²) in [5.74, 6) is 1.13. The maximum absolute atomic E-state index is 11.5. The van der Waals surface area contributed by atoms with Gasteiger partial charge in [0.2, 0.25) is 5.88 Å². The monoisotopic (exact) mass is 470 g/mol. The van der Waals surface area contributed by atoms with Gasteiger partial charge in [-0.1, -0.05) is 12.5 Å². The van der Waals surface area contributed by atoms with Crippen LogP contribution in [0.1, 0.15) is 24.8 Å². The van der Waals surface area contributed by atoms with Crippen LogP contribution in [0.25, 0.3) is 33.9 Å². The van der Waals surface area contributed by atoms with Crippen molar-refractivity contribution in [3.05, 3.63) is 66.6 Å². The van der Waals surface area contributed by atoms with E-state index in [1.165, 1.54) is 0 Å². The molecule has 0 amide bonds. The van der Waals surface area contributed by atoms with E-state index in [2.05, 4.69) is 19.9 Å². The number of ether oxygens (including phenoxy) is 2. The number of carboxylic acids is 1. The van der Waals surface area contributed by atoms with Gasteiger partial charge in [0.1, 0.15) is 23.5 Å². The lowest BCUT2D eigenvalue weighted by Gasteiger charge is -2.36. The number of aryl methyl sites for hydroxylation is 1. The van der Waals surface area contributed by atoms with Gasteiger partial charge in [0.15, 0.2) is 5.82 Å². The number of hydrogen-bond acceptors (Lipinski definition) is 6. The molecule has 2 N–H and O–H groups in total. The van der Waals surface area contributed by atoms with Gasteiger partial charge in [0.25, 0.3) is 0 Å². The smallest absolute Gasteiger partial charge is 0.313 e. The van der Waals surface area contributed by atoms with Gasteiger partial charge < -0.3 is 19.6 Å². The lowest BCUT2D eigenvalue weighted by Crippen LogP contribution is -2.43. The molecule has 0 radical (unpaired) electrons. The molecule has 1 aliphatic carbocycles. The van der Waals surface area contributed by atoms with Crippen molar-refractivity contribution in [1.82, 2.24) is 19.9 Å². The van der Waals surface area contributed by atoms with Crippen LogP contribution in [0.15, 0.2) is 61.1 Å². The van der Waals surface area contributed by atoms with Crippen LogP contribution in [-0.2, 0) is 4.79 Å². The van der Waals surface area contributed by atoms with Gasteiger partial charge in [-0.15, -0.1) is 0 Å². The first-order chi connectivity index (χ1) is 17.0. The number of rotatable bonds is 8. The molecule has 8 nitrogen and oxygen atoms in total. The van der Waals surface area contributed by atoms with Gasteiger partial charge in [0, 0.05) is 29.6 Å². The number of nitrogens with zero attached hydrogens (tertiary/aromatic N) is 3. The first-order valence-corrected chi connectivity index (χ1v) is 11.5. The molecular weight excluding hydrogens is 444 g/mol. The molecule has 0 spiro atoms. The highest BCUT2D eigenvalue weighted by atomic mass is 16.5. The summed E-state index contributed by atoms with van der Waals surface area (Å²) < 4.78 is 11.0. The van der Waals surface area contributed by atoms with Crippen LogP contribution in [0.3, 0.4) is 0 Å². The SMILES string of the molecule is COc1ccc(-c2cnc(-c3ccc(-c4cnc(OCC5(C(=O)O)CCC5)cc4C)cn3)[nH]2)cc1. The normalized spacial score (nSPS) is 14.2. The number of H-pyrrole nitrogens is 1. The fourth-order valence-electron chi connectivity index (χ4n) is 4.21. The minimum atomic E-state index is -0.795. The number of aromatic nitrogens is 4. The predicted octanol–water partition coefficient (Wildman–Crippen LogP) is 5.15. The lowest BCUT2D eigenvalue weighted by atomic mass is 9.69. The van der Waals surface area contributed by atoms with Crippen LogP contribution >= 0.6 is 0 Å². The molecule has 3 heterocycles. The fraction of sp³-hybridized carbons (Fsp3) is 0.259. The van der Waals surface area contributed by atoms with Crippen molar-refractivity contribution in [3.8, 4) is 45.5 Å². The number of aliphatic carboxylic acids is 1. The predicted molar refractivity (Wildman–Crippen MR) is 131 cm³/mol. The zero-order valence-corrected chi connectivity index (χ0v) is 19.6. The molecule has 178 valence electrons. The number of aromatic amines is 1. The van der Waals surface area contributed by atoms with Gasteiger partial charge in [-0.05, 0) is 61.2 Å². The maximum atomic E-state index is 11.5. The number of imidazole rings is 1. The Kier molecular flexibility index (Phi) is 5.94. The second-order valence-corrected chi connectivity index (χ2v) is 8.87. The molecule has 1 fully saturated rings. The van der Waals surface area contributed by atoms with Crippen molar-refractivity contribution in [2.24, 2.45) is 5.41 Å². The maximum Gasteiger partial charge on any atom is 0.313 e. The number of carboxylic acid groups (broad SMARTS) is 1. The number of benzene rings is 1. The molecule has 1 aliphatic rings. The van der Waals surface area contributed by atoms with Gasteiger partial charge >= 0.3 is 5.97 Å². The van der Waals surface area contributed by atoms with E-state index in [4.69, 9.17) is 9.47 Å². The van der Waals surface area contributed by atoms with Crippen LogP contribution in [0.5, 0.6) is 11.6 Å². The third-order valence-corrected chi connectivity index (χ3v) is 6.64. The average Bonchev–Trinajstić information content (AvgIpc) is 3.34. The lowest BCUT2D eigenvalue weighted by molar-refractivity contribution is -0.157. The Labute approximate surface area is 203 Å². The minimum Gasteiger partial charge on any atom is -0.497 e. The van der Waals surface area contributed by atoms with Gasteiger partial charge in [-0.2, -0.15) is 0 Å². The Bertz CT molecular complexity index is 1340. The fourth-order valence-corrected chi connectivity index (χ4v) is 4.21. The Morgan fingerprint density at radius 2 is 1.80 bits per heavy atom. The minimum absolute atomic E-state index is 0.145. The third kappa shape index (κ3) is 4.47. The molecule has 35 heavy (non-hydrogen) atoms. The van der Waals surface area contributed by atoms with E-state index >= 15 is 0 Å². The summed E-state index contributed by atoms with van der Waals surface area (Å²) in [5, 5.41) is 9.47. The quantitative estimate of drug-likeness (QED) is 0.366. The Balaban J connectivity index is 1.29.